The van der Waals surface area contributed by atoms with Gasteiger partial charge in [0.25, 0.3) is 0 Å². The van der Waals surface area contributed by atoms with Crippen LogP contribution in [0.3, 0.4) is 0 Å². The third-order valence-corrected chi connectivity index (χ3v) is 9.78. The summed E-state index contributed by atoms with van der Waals surface area (Å²) in [4.78, 5) is 21.8. The smallest absolute Gasteiger partial charge is 0.335 e. The number of tetrazole rings is 1. The van der Waals surface area contributed by atoms with E-state index in [0.29, 0.717) is 30.3 Å². The first kappa shape index (κ1) is 31.3. The van der Waals surface area contributed by atoms with Crippen molar-refractivity contribution in [3.8, 4) is 16.8 Å². The standard InChI is InChI=1S/C34H34ClN7O3Si/c1-46(2,3)16-15-45-22-41-32-13-10-24(34(43)44)18-30(32)38-33(41)28(17-23-7-5-4-6-8-23)29-12-9-25(20-36-29)27-19-26(35)11-14-31(27)42-21-37-39-40-42/h4-14,18-21,28H,15-17,22H2,1-3H3,(H,43,44). The Balaban J connectivity index is 1.43. The topological polar surface area (TPSA) is 121 Å². The van der Waals surface area contributed by atoms with E-state index >= 15 is 0 Å². The molecule has 6 aromatic rings. The van der Waals surface area contributed by atoms with Crippen molar-refractivity contribution in [3.05, 3.63) is 119 Å². The number of halogens is 1. The number of carboxylic acids is 1. The third-order valence-electron chi connectivity index (χ3n) is 7.84. The number of aromatic nitrogens is 7. The molecule has 0 aliphatic heterocycles. The van der Waals surface area contributed by atoms with Gasteiger partial charge in [-0.2, -0.15) is 4.68 Å². The average Bonchev–Trinajstić information content (AvgIpc) is 3.70. The van der Waals surface area contributed by atoms with E-state index in [1.807, 2.05) is 54.7 Å². The van der Waals surface area contributed by atoms with E-state index in [9.17, 15) is 9.90 Å². The predicted octanol–water partition coefficient (Wildman–Crippen LogP) is 7.11. The molecule has 3 aromatic heterocycles. The molecule has 1 unspecified atom stereocenters. The lowest BCUT2D eigenvalue weighted by Crippen LogP contribution is -2.22. The van der Waals surface area contributed by atoms with Crippen LogP contribution in [0.5, 0.6) is 0 Å². The highest BCUT2D eigenvalue weighted by Gasteiger charge is 2.25. The van der Waals surface area contributed by atoms with Gasteiger partial charge < -0.3 is 14.4 Å². The summed E-state index contributed by atoms with van der Waals surface area (Å²) in [5.74, 6) is -0.493. The number of benzene rings is 3. The second-order valence-electron chi connectivity index (χ2n) is 12.4. The van der Waals surface area contributed by atoms with Crippen LogP contribution in [0.15, 0.2) is 91.4 Å². The molecule has 0 aliphatic rings. The Morgan fingerprint density at radius 3 is 2.54 bits per heavy atom. The van der Waals surface area contributed by atoms with Crippen LogP contribution in [0, 0.1) is 0 Å². The molecule has 234 valence electrons. The fourth-order valence-corrected chi connectivity index (χ4v) is 6.31. The fraction of sp³-hybridized carbons (Fsp3) is 0.235. The molecule has 12 heteroatoms. The van der Waals surface area contributed by atoms with E-state index in [4.69, 9.17) is 26.3 Å². The lowest BCUT2D eigenvalue weighted by Gasteiger charge is -2.20. The maximum atomic E-state index is 11.8. The van der Waals surface area contributed by atoms with Crippen LogP contribution >= 0.6 is 11.6 Å². The largest absolute Gasteiger partial charge is 0.478 e. The van der Waals surface area contributed by atoms with Crippen molar-refractivity contribution in [2.24, 2.45) is 0 Å². The second-order valence-corrected chi connectivity index (χ2v) is 18.4. The minimum atomic E-state index is -1.30. The molecule has 46 heavy (non-hydrogen) atoms. The number of carbonyl (C=O) groups is 1. The molecule has 0 amide bonds. The van der Waals surface area contributed by atoms with Gasteiger partial charge in [0, 0.05) is 37.0 Å². The summed E-state index contributed by atoms with van der Waals surface area (Å²) in [5, 5.41) is 21.9. The Kier molecular flexibility index (Phi) is 9.07. The Hall–Kier alpha value is -4.71. The lowest BCUT2D eigenvalue weighted by molar-refractivity contribution is 0.0697. The minimum Gasteiger partial charge on any atom is -0.478 e. The van der Waals surface area contributed by atoms with E-state index < -0.39 is 14.0 Å². The molecule has 1 N–H and O–H groups in total. The minimum absolute atomic E-state index is 0.186. The van der Waals surface area contributed by atoms with Crippen molar-refractivity contribution in [2.45, 2.75) is 44.8 Å². The quantitative estimate of drug-likeness (QED) is 0.110. The fourth-order valence-electron chi connectivity index (χ4n) is 5.38. The van der Waals surface area contributed by atoms with E-state index in [1.165, 1.54) is 6.33 Å². The van der Waals surface area contributed by atoms with Crippen LogP contribution in [0.4, 0.5) is 0 Å². The number of pyridine rings is 1. The number of imidazole rings is 1. The van der Waals surface area contributed by atoms with Crippen molar-refractivity contribution in [1.82, 2.24) is 34.7 Å². The summed E-state index contributed by atoms with van der Waals surface area (Å²) < 4.78 is 9.89. The first-order valence-electron chi connectivity index (χ1n) is 15.0. The third kappa shape index (κ3) is 7.06. The van der Waals surface area contributed by atoms with Crippen LogP contribution in [0.2, 0.25) is 30.7 Å². The second kappa shape index (κ2) is 13.3. The normalized spacial score (nSPS) is 12.4. The molecule has 6 rings (SSSR count). The summed E-state index contributed by atoms with van der Waals surface area (Å²) in [6.07, 6.45) is 3.99. The molecular weight excluding hydrogens is 618 g/mol. The van der Waals surface area contributed by atoms with Crippen LogP contribution in [0.1, 0.15) is 33.4 Å². The summed E-state index contributed by atoms with van der Waals surface area (Å²) in [6, 6.07) is 25.8. The summed E-state index contributed by atoms with van der Waals surface area (Å²) in [6.45, 7) is 7.90. The lowest BCUT2D eigenvalue weighted by atomic mass is 9.94. The van der Waals surface area contributed by atoms with Gasteiger partial charge in [0.15, 0.2) is 0 Å². The molecule has 10 nitrogen and oxygen atoms in total. The SMILES string of the molecule is C[Si](C)(C)CCOCn1c(C(Cc2ccccc2)c2ccc(-c3cc(Cl)ccc3-n3cnnn3)cn2)nc2cc(C(=O)O)ccc21. The molecule has 0 radical (unpaired) electrons. The van der Waals surface area contributed by atoms with E-state index in [0.717, 1.165) is 45.5 Å². The Morgan fingerprint density at radius 2 is 1.85 bits per heavy atom. The van der Waals surface area contributed by atoms with Gasteiger partial charge in [-0.15, -0.1) is 5.10 Å². The maximum Gasteiger partial charge on any atom is 0.335 e. The molecule has 0 aliphatic carbocycles. The zero-order valence-corrected chi connectivity index (χ0v) is 27.6. The van der Waals surface area contributed by atoms with Crippen LogP contribution in [0.25, 0.3) is 27.8 Å². The number of aromatic carboxylic acids is 1. The first-order valence-corrected chi connectivity index (χ1v) is 19.1. The Labute approximate surface area is 272 Å². The molecule has 0 saturated carbocycles. The van der Waals surface area contributed by atoms with E-state index in [1.54, 1.807) is 22.9 Å². The zero-order valence-electron chi connectivity index (χ0n) is 25.8. The number of carboxylic acid groups (broad SMARTS) is 1. The molecule has 0 fully saturated rings. The highest BCUT2D eigenvalue weighted by atomic mass is 35.5. The molecule has 0 bridgehead atoms. The number of fused-ring (bicyclic) bond motifs is 1. The molecule has 0 spiro atoms. The van der Waals surface area contributed by atoms with Crippen molar-refractivity contribution < 1.29 is 14.6 Å². The van der Waals surface area contributed by atoms with Crippen molar-refractivity contribution in [3.63, 3.8) is 0 Å². The summed E-state index contributed by atoms with van der Waals surface area (Å²) in [7, 11) is -1.30. The number of rotatable bonds is 12. The number of hydrogen-bond acceptors (Lipinski definition) is 7. The summed E-state index contributed by atoms with van der Waals surface area (Å²) >= 11 is 6.41. The Morgan fingerprint density at radius 1 is 1.02 bits per heavy atom. The monoisotopic (exact) mass is 651 g/mol. The first-order chi connectivity index (χ1) is 22.2. The Bertz CT molecular complexity index is 1960. The van der Waals surface area contributed by atoms with Crippen molar-refractivity contribution in [1.29, 1.82) is 0 Å². The predicted molar refractivity (Wildman–Crippen MR) is 180 cm³/mol. The molecule has 0 saturated heterocycles. The van der Waals surface area contributed by atoms with Gasteiger partial charge in [0.05, 0.1) is 33.9 Å². The maximum absolute atomic E-state index is 11.8. The van der Waals surface area contributed by atoms with Crippen LogP contribution < -0.4 is 0 Å². The van der Waals surface area contributed by atoms with Gasteiger partial charge >= 0.3 is 5.97 Å². The van der Waals surface area contributed by atoms with Crippen molar-refractivity contribution >= 4 is 36.7 Å². The van der Waals surface area contributed by atoms with Gasteiger partial charge in [-0.1, -0.05) is 67.6 Å². The molecule has 3 aromatic carbocycles. The highest BCUT2D eigenvalue weighted by molar-refractivity contribution is 6.76. The van der Waals surface area contributed by atoms with Gasteiger partial charge in [-0.05, 0) is 70.9 Å². The number of nitrogens with zero attached hydrogens (tertiary/aromatic N) is 7. The molecule has 1 atom stereocenters. The van der Waals surface area contributed by atoms with Gasteiger partial charge in [0.2, 0.25) is 0 Å². The van der Waals surface area contributed by atoms with Crippen LogP contribution in [-0.4, -0.2) is 60.5 Å². The number of ether oxygens (including phenoxy) is 1. The van der Waals surface area contributed by atoms with Gasteiger partial charge in [-0.25, -0.2) is 9.78 Å². The van der Waals surface area contributed by atoms with Gasteiger partial charge in [0.1, 0.15) is 18.9 Å². The molecule has 3 heterocycles. The molecular formula is C34H34ClN7O3Si. The zero-order chi connectivity index (χ0) is 32.3. The van der Waals surface area contributed by atoms with Gasteiger partial charge in [-0.3, -0.25) is 4.98 Å². The van der Waals surface area contributed by atoms with Crippen molar-refractivity contribution in [2.75, 3.05) is 6.61 Å². The summed E-state index contributed by atoms with van der Waals surface area (Å²) in [5.41, 5.74) is 6.00. The number of hydrogen-bond donors (Lipinski definition) is 1. The highest BCUT2D eigenvalue weighted by Crippen LogP contribution is 2.33. The van der Waals surface area contributed by atoms with Crippen LogP contribution in [-0.2, 0) is 17.9 Å². The average molecular weight is 652 g/mol. The van der Waals surface area contributed by atoms with E-state index in [2.05, 4.69) is 51.9 Å². The van der Waals surface area contributed by atoms with E-state index in [-0.39, 0.29) is 11.5 Å².